The predicted octanol–water partition coefficient (Wildman–Crippen LogP) is 3.08. The molecule has 0 bridgehead atoms. The lowest BCUT2D eigenvalue weighted by atomic mass is 10.0. The van der Waals surface area contributed by atoms with Gasteiger partial charge in [0.1, 0.15) is 11.6 Å². The second-order valence-corrected chi connectivity index (χ2v) is 6.35. The Hall–Kier alpha value is -0.570. The van der Waals surface area contributed by atoms with Crippen LogP contribution in [0.4, 0.5) is 0 Å². The van der Waals surface area contributed by atoms with Gasteiger partial charge in [-0.05, 0) is 54.0 Å². The van der Waals surface area contributed by atoms with Gasteiger partial charge in [-0.25, -0.2) is 0 Å². The highest BCUT2D eigenvalue weighted by atomic mass is 16.6. The Morgan fingerprint density at radius 1 is 1.18 bits per heavy atom. The average Bonchev–Trinajstić information content (AvgIpc) is 2.11. The number of carbonyl (C=O) groups is 1. The lowest BCUT2D eigenvalue weighted by molar-refractivity contribution is -0.161. The molecule has 102 valence electrons. The third-order valence-corrected chi connectivity index (χ3v) is 2.87. The largest absolute Gasteiger partial charge is 0.459 e. The Morgan fingerprint density at radius 2 is 1.65 bits per heavy atom. The average molecular weight is 243 g/mol. The maximum absolute atomic E-state index is 11.9. The highest BCUT2D eigenvalue weighted by molar-refractivity contribution is 5.75. The molecule has 0 rings (SSSR count). The Balaban J connectivity index is 4.38. The molecule has 0 fully saturated rings. The third-order valence-electron chi connectivity index (χ3n) is 2.87. The van der Waals surface area contributed by atoms with E-state index < -0.39 is 5.60 Å². The fraction of sp³-hybridized carbons (Fsp3) is 0.929. The van der Waals surface area contributed by atoms with E-state index in [4.69, 9.17) is 4.74 Å². The summed E-state index contributed by atoms with van der Waals surface area (Å²) in [5.74, 6) is 0.494. The van der Waals surface area contributed by atoms with Crippen LogP contribution in [0.1, 0.15) is 54.9 Å². The van der Waals surface area contributed by atoms with Crippen molar-refractivity contribution in [3.05, 3.63) is 0 Å². The Morgan fingerprint density at radius 3 is 2.00 bits per heavy atom. The van der Waals surface area contributed by atoms with Gasteiger partial charge in [0, 0.05) is 6.04 Å². The first kappa shape index (κ1) is 16.4. The van der Waals surface area contributed by atoms with Gasteiger partial charge in [0.2, 0.25) is 0 Å². The molecule has 2 atom stereocenters. The van der Waals surface area contributed by atoms with E-state index in [9.17, 15) is 4.79 Å². The van der Waals surface area contributed by atoms with Gasteiger partial charge in [0.25, 0.3) is 0 Å². The van der Waals surface area contributed by atoms with Crippen LogP contribution in [0.2, 0.25) is 0 Å². The molecule has 0 aliphatic carbocycles. The summed E-state index contributed by atoms with van der Waals surface area (Å²) in [7, 11) is 1.99. The molecule has 3 nitrogen and oxygen atoms in total. The van der Waals surface area contributed by atoms with Crippen molar-refractivity contribution in [3.8, 4) is 0 Å². The fourth-order valence-electron chi connectivity index (χ4n) is 1.78. The molecule has 0 N–H and O–H groups in total. The quantitative estimate of drug-likeness (QED) is 0.695. The Kier molecular flexibility index (Phi) is 6.17. The van der Waals surface area contributed by atoms with E-state index in [1.54, 1.807) is 0 Å². The number of rotatable bonds is 5. The van der Waals surface area contributed by atoms with E-state index in [0.717, 1.165) is 6.42 Å². The highest BCUT2D eigenvalue weighted by Crippen LogP contribution is 2.15. The first-order chi connectivity index (χ1) is 7.54. The van der Waals surface area contributed by atoms with Crippen molar-refractivity contribution in [2.45, 2.75) is 72.6 Å². The standard InChI is InChI=1S/C14H29NO2/c1-10(2)9-11(3)15(8)12(4)13(16)17-14(5,6)7/h10-12H,9H2,1-8H3. The van der Waals surface area contributed by atoms with Gasteiger partial charge < -0.3 is 4.74 Å². The van der Waals surface area contributed by atoms with Gasteiger partial charge in [-0.2, -0.15) is 0 Å². The highest BCUT2D eigenvalue weighted by Gasteiger charge is 2.27. The number of nitrogens with zero attached hydrogens (tertiary/aromatic N) is 1. The van der Waals surface area contributed by atoms with E-state index in [1.165, 1.54) is 0 Å². The van der Waals surface area contributed by atoms with Crippen LogP contribution in [0, 0.1) is 5.92 Å². The van der Waals surface area contributed by atoms with Crippen molar-refractivity contribution >= 4 is 5.97 Å². The third kappa shape index (κ3) is 6.67. The molecular weight excluding hydrogens is 214 g/mol. The minimum atomic E-state index is -0.409. The maximum atomic E-state index is 11.9. The van der Waals surface area contributed by atoms with Gasteiger partial charge in [0.15, 0.2) is 0 Å². The van der Waals surface area contributed by atoms with Crippen molar-refractivity contribution in [1.29, 1.82) is 0 Å². The normalized spacial score (nSPS) is 16.1. The van der Waals surface area contributed by atoms with Crippen LogP contribution in [-0.2, 0) is 9.53 Å². The van der Waals surface area contributed by atoms with Crippen LogP contribution >= 0.6 is 0 Å². The van der Waals surface area contributed by atoms with Gasteiger partial charge in [0.05, 0.1) is 0 Å². The summed E-state index contributed by atoms with van der Waals surface area (Å²) in [6, 6.07) is 0.195. The fourth-order valence-corrected chi connectivity index (χ4v) is 1.78. The molecule has 0 radical (unpaired) electrons. The number of ether oxygens (including phenoxy) is 1. The minimum absolute atomic E-state index is 0.143. The van der Waals surface area contributed by atoms with Crippen molar-refractivity contribution in [2.75, 3.05) is 7.05 Å². The minimum Gasteiger partial charge on any atom is -0.459 e. The summed E-state index contributed by atoms with van der Waals surface area (Å²) < 4.78 is 5.40. The molecule has 0 amide bonds. The SMILES string of the molecule is CC(C)CC(C)N(C)C(C)C(=O)OC(C)(C)C. The molecule has 0 heterocycles. The number of likely N-dealkylation sites (N-methyl/N-ethyl adjacent to an activating group) is 1. The lowest BCUT2D eigenvalue weighted by Gasteiger charge is -2.32. The summed E-state index contributed by atoms with van der Waals surface area (Å²) in [5.41, 5.74) is -0.409. The topological polar surface area (TPSA) is 29.5 Å². The summed E-state index contributed by atoms with van der Waals surface area (Å²) in [5, 5.41) is 0. The summed E-state index contributed by atoms with van der Waals surface area (Å²) >= 11 is 0. The second kappa shape index (κ2) is 6.39. The van der Waals surface area contributed by atoms with E-state index in [2.05, 4.69) is 25.7 Å². The van der Waals surface area contributed by atoms with E-state index in [1.807, 2.05) is 34.7 Å². The van der Waals surface area contributed by atoms with Gasteiger partial charge in [-0.1, -0.05) is 13.8 Å². The van der Waals surface area contributed by atoms with Gasteiger partial charge in [-0.3, -0.25) is 9.69 Å². The first-order valence-corrected chi connectivity index (χ1v) is 6.49. The second-order valence-electron chi connectivity index (χ2n) is 6.35. The van der Waals surface area contributed by atoms with Crippen LogP contribution in [0.3, 0.4) is 0 Å². The van der Waals surface area contributed by atoms with Crippen LogP contribution in [0.15, 0.2) is 0 Å². The molecule has 0 saturated carbocycles. The van der Waals surface area contributed by atoms with Gasteiger partial charge >= 0.3 is 5.97 Å². The number of hydrogen-bond acceptors (Lipinski definition) is 3. The number of hydrogen-bond donors (Lipinski definition) is 0. The molecule has 17 heavy (non-hydrogen) atoms. The van der Waals surface area contributed by atoms with Crippen LogP contribution < -0.4 is 0 Å². The zero-order chi connectivity index (χ0) is 13.8. The van der Waals surface area contributed by atoms with Crippen LogP contribution in [0.5, 0.6) is 0 Å². The van der Waals surface area contributed by atoms with Crippen molar-refractivity contribution in [1.82, 2.24) is 4.90 Å². The number of esters is 1. The molecule has 0 aromatic rings. The molecule has 0 saturated heterocycles. The van der Waals surface area contributed by atoms with E-state index in [0.29, 0.717) is 12.0 Å². The Bertz CT molecular complexity index is 243. The Labute approximate surface area is 107 Å². The smallest absolute Gasteiger partial charge is 0.323 e. The van der Waals surface area contributed by atoms with Gasteiger partial charge in [-0.15, -0.1) is 0 Å². The maximum Gasteiger partial charge on any atom is 0.323 e. The summed E-state index contributed by atoms with van der Waals surface area (Å²) in [6.45, 7) is 14.1. The zero-order valence-corrected chi connectivity index (χ0v) is 12.7. The number of carbonyl (C=O) groups excluding carboxylic acids is 1. The van der Waals surface area contributed by atoms with Crippen LogP contribution in [-0.4, -0.2) is 35.6 Å². The molecule has 0 aliphatic rings. The summed E-state index contributed by atoms with van der Waals surface area (Å²) in [4.78, 5) is 14.0. The first-order valence-electron chi connectivity index (χ1n) is 6.49. The molecule has 0 aromatic heterocycles. The monoisotopic (exact) mass is 243 g/mol. The van der Waals surface area contributed by atoms with Crippen molar-refractivity contribution in [3.63, 3.8) is 0 Å². The van der Waals surface area contributed by atoms with Crippen LogP contribution in [0.25, 0.3) is 0 Å². The molecular formula is C14H29NO2. The molecule has 3 heteroatoms. The summed E-state index contributed by atoms with van der Waals surface area (Å²) in [6.07, 6.45) is 1.09. The zero-order valence-electron chi connectivity index (χ0n) is 12.7. The molecule has 2 unspecified atom stereocenters. The van der Waals surface area contributed by atoms with Crippen molar-refractivity contribution in [2.24, 2.45) is 5.92 Å². The van der Waals surface area contributed by atoms with Crippen molar-refractivity contribution < 1.29 is 9.53 Å². The lowest BCUT2D eigenvalue weighted by Crippen LogP contribution is -2.44. The molecule has 0 aromatic carbocycles. The van der Waals surface area contributed by atoms with E-state index in [-0.39, 0.29) is 12.0 Å². The van der Waals surface area contributed by atoms with E-state index >= 15 is 0 Å². The predicted molar refractivity (Wildman–Crippen MR) is 72.0 cm³/mol. The molecule has 0 aliphatic heterocycles. The molecule has 0 spiro atoms.